The van der Waals surface area contributed by atoms with Gasteiger partial charge in [0.25, 0.3) is 0 Å². The van der Waals surface area contributed by atoms with Crippen molar-refractivity contribution in [2.45, 2.75) is 37.4 Å². The van der Waals surface area contributed by atoms with Gasteiger partial charge in [0.05, 0.1) is 10.6 Å². The van der Waals surface area contributed by atoms with Crippen molar-refractivity contribution >= 4 is 15.7 Å². The number of fused-ring (bicyclic) bond motifs is 1. The number of nitrogens with two attached hydrogens (primary N) is 1. The molecule has 0 saturated carbocycles. The zero-order chi connectivity index (χ0) is 17.5. The Morgan fingerprint density at radius 3 is 2.29 bits per heavy atom. The highest BCUT2D eigenvalue weighted by molar-refractivity contribution is 7.89. The monoisotopic (exact) mass is 346 g/mol. The van der Waals surface area contributed by atoms with Crippen LogP contribution >= 0.6 is 0 Å². The molecule has 3 rings (SSSR count). The van der Waals surface area contributed by atoms with Crippen molar-refractivity contribution in [1.82, 2.24) is 10.1 Å². The van der Waals surface area contributed by atoms with Crippen molar-refractivity contribution in [1.29, 1.82) is 0 Å². The zero-order valence-corrected chi connectivity index (χ0v) is 14.7. The molecule has 0 radical (unpaired) electrons. The molecule has 0 aliphatic carbocycles. The maximum atomic E-state index is 12.3. The second kappa shape index (κ2) is 5.86. The molecule has 0 bridgehead atoms. The molecule has 5 N–H and O–H groups in total. The van der Waals surface area contributed by atoms with Crippen molar-refractivity contribution in [3.8, 4) is 11.1 Å². The first-order valence-corrected chi connectivity index (χ1v) is 9.19. The van der Waals surface area contributed by atoms with Crippen molar-refractivity contribution in [3.63, 3.8) is 0 Å². The highest BCUT2D eigenvalue weighted by Crippen LogP contribution is 2.31. The zero-order valence-electron chi connectivity index (χ0n) is 13.9. The lowest BCUT2D eigenvalue weighted by Crippen LogP contribution is -2.40. The molecule has 7 heteroatoms. The summed E-state index contributed by atoms with van der Waals surface area (Å²) in [5, 5.41) is 0. The molecule has 2 aromatic carbocycles. The smallest absolute Gasteiger partial charge is 0.241 e. The molecule has 1 unspecified atom stereocenters. The van der Waals surface area contributed by atoms with Gasteiger partial charge in [-0.3, -0.25) is 0 Å². The highest BCUT2D eigenvalue weighted by atomic mass is 32.2. The summed E-state index contributed by atoms with van der Waals surface area (Å²) in [6.07, 6.45) is -0.254. The van der Waals surface area contributed by atoms with Gasteiger partial charge >= 0.3 is 0 Å². The third kappa shape index (κ3) is 3.44. The van der Waals surface area contributed by atoms with E-state index in [1.807, 2.05) is 39.0 Å². The minimum absolute atomic E-state index is 0.252. The van der Waals surface area contributed by atoms with Crippen LogP contribution in [0.4, 0.5) is 5.69 Å². The lowest BCUT2D eigenvalue weighted by Gasteiger charge is -2.20. The number of nitrogens with one attached hydrogen (secondary N) is 3. The second-order valence-corrected chi connectivity index (χ2v) is 8.61. The molecule has 0 amide bonds. The first kappa shape index (κ1) is 16.9. The van der Waals surface area contributed by atoms with E-state index in [1.165, 1.54) is 0 Å². The van der Waals surface area contributed by atoms with Crippen LogP contribution in [0.1, 0.15) is 32.5 Å². The number of benzene rings is 2. The Morgan fingerprint density at radius 2 is 1.67 bits per heavy atom. The van der Waals surface area contributed by atoms with Gasteiger partial charge in [0.1, 0.15) is 6.17 Å². The van der Waals surface area contributed by atoms with Gasteiger partial charge in [-0.1, -0.05) is 18.2 Å². The fourth-order valence-corrected chi connectivity index (χ4v) is 4.05. The summed E-state index contributed by atoms with van der Waals surface area (Å²) in [5.41, 5.74) is 15.3. The summed E-state index contributed by atoms with van der Waals surface area (Å²) in [7, 11) is -3.53. The van der Waals surface area contributed by atoms with E-state index >= 15 is 0 Å². The van der Waals surface area contributed by atoms with E-state index in [4.69, 9.17) is 5.73 Å². The van der Waals surface area contributed by atoms with E-state index in [0.717, 1.165) is 22.4 Å². The summed E-state index contributed by atoms with van der Waals surface area (Å²) in [5.74, 6) is 0. The van der Waals surface area contributed by atoms with E-state index in [9.17, 15) is 8.42 Å². The summed E-state index contributed by atoms with van der Waals surface area (Å²) < 4.78 is 27.3. The Morgan fingerprint density at radius 1 is 1.04 bits per heavy atom. The number of hydrogen-bond acceptors (Lipinski definition) is 5. The number of anilines is 1. The van der Waals surface area contributed by atoms with Crippen LogP contribution in [0.3, 0.4) is 0 Å². The topological polar surface area (TPSA) is 96.2 Å². The van der Waals surface area contributed by atoms with Crippen LogP contribution in [-0.2, 0) is 10.0 Å². The predicted octanol–water partition coefficient (Wildman–Crippen LogP) is 2.32. The molecule has 128 valence electrons. The van der Waals surface area contributed by atoms with Gasteiger partial charge in [-0.2, -0.15) is 0 Å². The van der Waals surface area contributed by atoms with Crippen molar-refractivity contribution in [2.75, 3.05) is 5.43 Å². The molecule has 2 aromatic rings. The van der Waals surface area contributed by atoms with Gasteiger partial charge in [-0.05, 0) is 56.2 Å². The third-order valence-electron chi connectivity index (χ3n) is 3.69. The molecular weight excluding hydrogens is 324 g/mol. The van der Waals surface area contributed by atoms with E-state index in [1.54, 1.807) is 24.3 Å². The Kier molecular flexibility index (Phi) is 4.13. The molecule has 0 spiro atoms. The summed E-state index contributed by atoms with van der Waals surface area (Å²) in [6, 6.07) is 12.8. The second-order valence-electron chi connectivity index (χ2n) is 6.93. The molecule has 6 nitrogen and oxygen atoms in total. The molecule has 24 heavy (non-hydrogen) atoms. The molecule has 0 fully saturated rings. The SMILES string of the molecule is CC(C)(C)NS(=O)(=O)c1ccc(-c2ccc3c(c2)C(N)NN3)cc1. The van der Waals surface area contributed by atoms with E-state index in [2.05, 4.69) is 15.6 Å². The largest absolute Gasteiger partial charge is 0.319 e. The van der Waals surface area contributed by atoms with Gasteiger partial charge in [-0.15, -0.1) is 0 Å². The van der Waals surface area contributed by atoms with Gasteiger partial charge < -0.3 is 11.2 Å². The predicted molar refractivity (Wildman–Crippen MR) is 95.6 cm³/mol. The molecule has 1 aliphatic heterocycles. The number of hydrazine groups is 1. The first-order valence-electron chi connectivity index (χ1n) is 7.71. The van der Waals surface area contributed by atoms with Crippen LogP contribution < -0.4 is 21.3 Å². The Bertz CT molecular complexity index is 855. The molecule has 0 saturated heterocycles. The van der Waals surface area contributed by atoms with E-state index < -0.39 is 15.6 Å². The van der Waals surface area contributed by atoms with Gasteiger partial charge in [0.2, 0.25) is 10.0 Å². The van der Waals surface area contributed by atoms with Gasteiger partial charge in [0.15, 0.2) is 0 Å². The number of sulfonamides is 1. The van der Waals surface area contributed by atoms with Crippen molar-refractivity contribution in [2.24, 2.45) is 5.73 Å². The Balaban J connectivity index is 1.89. The summed E-state index contributed by atoms with van der Waals surface area (Å²) >= 11 is 0. The minimum Gasteiger partial charge on any atom is -0.319 e. The van der Waals surface area contributed by atoms with Gasteiger partial charge in [0, 0.05) is 11.1 Å². The maximum Gasteiger partial charge on any atom is 0.241 e. The normalized spacial score (nSPS) is 17.4. The van der Waals surface area contributed by atoms with Crippen LogP contribution in [0.2, 0.25) is 0 Å². The quantitative estimate of drug-likeness (QED) is 0.684. The maximum absolute atomic E-state index is 12.3. The van der Waals surface area contributed by atoms with Crippen LogP contribution in [0.25, 0.3) is 11.1 Å². The molecule has 1 heterocycles. The minimum atomic E-state index is -3.53. The van der Waals surface area contributed by atoms with E-state index in [-0.39, 0.29) is 11.1 Å². The lowest BCUT2D eigenvalue weighted by molar-refractivity contribution is 0.491. The fraction of sp³-hybridized carbons (Fsp3) is 0.294. The highest BCUT2D eigenvalue weighted by Gasteiger charge is 2.22. The first-order chi connectivity index (χ1) is 11.2. The molecule has 0 aromatic heterocycles. The Labute approximate surface area is 142 Å². The lowest BCUT2D eigenvalue weighted by atomic mass is 10.0. The van der Waals surface area contributed by atoms with Crippen LogP contribution in [0, 0.1) is 0 Å². The van der Waals surface area contributed by atoms with Crippen LogP contribution in [-0.4, -0.2) is 14.0 Å². The van der Waals surface area contributed by atoms with Gasteiger partial charge in [-0.25, -0.2) is 18.6 Å². The number of rotatable bonds is 3. The Hall–Kier alpha value is -1.93. The standard InChI is InChI=1S/C17H22N4O2S/c1-17(2,3)21-24(22,23)13-7-4-11(5-8-13)12-6-9-15-14(10-12)16(18)20-19-15/h4-10,16,19-21H,18H2,1-3H3. The summed E-state index contributed by atoms with van der Waals surface area (Å²) in [4.78, 5) is 0.252. The molecule has 1 atom stereocenters. The van der Waals surface area contributed by atoms with Crippen LogP contribution in [0.15, 0.2) is 47.4 Å². The fourth-order valence-electron chi connectivity index (χ4n) is 2.64. The van der Waals surface area contributed by atoms with E-state index in [0.29, 0.717) is 0 Å². The average Bonchev–Trinajstić information content (AvgIpc) is 2.86. The third-order valence-corrected chi connectivity index (χ3v) is 5.46. The van der Waals surface area contributed by atoms with Crippen LogP contribution in [0.5, 0.6) is 0 Å². The summed E-state index contributed by atoms with van der Waals surface area (Å²) in [6.45, 7) is 5.44. The van der Waals surface area contributed by atoms with Crippen molar-refractivity contribution < 1.29 is 8.42 Å². The van der Waals surface area contributed by atoms with Crippen molar-refractivity contribution in [3.05, 3.63) is 48.0 Å². The molecular formula is C17H22N4O2S. The average molecular weight is 346 g/mol. The molecule has 1 aliphatic rings. The number of hydrogen-bond donors (Lipinski definition) is 4.